The monoisotopic (exact) mass is 262 g/mol. The number of carbonyl (C=O) groups excluding carboxylic acids is 1. The number of rotatable bonds is 4. The van der Waals surface area contributed by atoms with Crippen molar-refractivity contribution in [1.29, 1.82) is 0 Å². The number of methoxy groups -OCH3 is 1. The van der Waals surface area contributed by atoms with Crippen molar-refractivity contribution in [2.75, 3.05) is 7.11 Å². The number of pyridine rings is 1. The van der Waals surface area contributed by atoms with E-state index in [-0.39, 0.29) is 12.3 Å². The van der Waals surface area contributed by atoms with E-state index in [1.807, 2.05) is 6.92 Å². The summed E-state index contributed by atoms with van der Waals surface area (Å²) in [6, 6.07) is 1.73. The maximum Gasteiger partial charge on any atom is 0.361 e. The van der Waals surface area contributed by atoms with Gasteiger partial charge in [-0.1, -0.05) is 0 Å². The second-order valence-corrected chi connectivity index (χ2v) is 3.99. The summed E-state index contributed by atoms with van der Waals surface area (Å²) in [7, 11) is 1.48. The predicted molar refractivity (Wildman–Crippen MR) is 65.9 cm³/mol. The molecule has 0 fully saturated rings. The van der Waals surface area contributed by atoms with E-state index in [0.29, 0.717) is 17.2 Å². The third kappa shape index (κ3) is 2.90. The molecule has 2 heterocycles. The number of aromatic nitrogens is 2. The lowest BCUT2D eigenvalue weighted by Crippen LogP contribution is -2.10. The van der Waals surface area contributed by atoms with Crippen molar-refractivity contribution in [3.8, 4) is 5.75 Å². The van der Waals surface area contributed by atoms with Crippen LogP contribution in [0.5, 0.6) is 5.75 Å². The quantitative estimate of drug-likeness (QED) is 0.785. The molecule has 0 spiro atoms. The van der Waals surface area contributed by atoms with Crippen LogP contribution in [-0.4, -0.2) is 23.0 Å². The molecule has 0 aliphatic rings. The maximum atomic E-state index is 11.9. The van der Waals surface area contributed by atoms with Gasteiger partial charge in [-0.2, -0.15) is 0 Å². The summed E-state index contributed by atoms with van der Waals surface area (Å²) in [5.74, 6) is 0.456. The van der Waals surface area contributed by atoms with Gasteiger partial charge >= 0.3 is 5.97 Å². The van der Waals surface area contributed by atoms with Crippen LogP contribution in [0, 0.1) is 13.8 Å². The topological polar surface area (TPSA) is 74.5 Å². The number of oxazole rings is 1. The van der Waals surface area contributed by atoms with Crippen LogP contribution in [0.25, 0.3) is 0 Å². The first-order chi connectivity index (χ1) is 9.11. The van der Waals surface area contributed by atoms with Crippen LogP contribution in [0.1, 0.15) is 27.5 Å². The van der Waals surface area contributed by atoms with Crippen LogP contribution >= 0.6 is 0 Å². The maximum absolute atomic E-state index is 11.9. The molecule has 0 saturated carbocycles. The van der Waals surface area contributed by atoms with Crippen molar-refractivity contribution >= 4 is 5.97 Å². The molecule has 2 aromatic rings. The molecule has 0 bridgehead atoms. The van der Waals surface area contributed by atoms with Gasteiger partial charge in [0.05, 0.1) is 7.11 Å². The van der Waals surface area contributed by atoms with Crippen molar-refractivity contribution in [1.82, 2.24) is 9.97 Å². The van der Waals surface area contributed by atoms with E-state index in [2.05, 4.69) is 9.97 Å². The van der Waals surface area contributed by atoms with Crippen LogP contribution < -0.4 is 4.74 Å². The van der Waals surface area contributed by atoms with E-state index in [9.17, 15) is 4.79 Å². The van der Waals surface area contributed by atoms with Gasteiger partial charge in [-0.3, -0.25) is 0 Å². The first-order valence-electron chi connectivity index (χ1n) is 5.68. The van der Waals surface area contributed by atoms with E-state index in [0.717, 1.165) is 5.56 Å². The first kappa shape index (κ1) is 13.1. The van der Waals surface area contributed by atoms with Gasteiger partial charge in [0.15, 0.2) is 17.8 Å². The standard InChI is InChI=1S/C13H14N2O4/c1-8-4-11(17-3)12(14-5-8)13(16)18-6-10-9(2)19-7-15-10/h4-5,7H,6H2,1-3H3. The molecule has 0 radical (unpaired) electrons. The molecular weight excluding hydrogens is 248 g/mol. The van der Waals surface area contributed by atoms with Crippen LogP contribution in [0.4, 0.5) is 0 Å². The summed E-state index contributed by atoms with van der Waals surface area (Å²) in [5.41, 5.74) is 1.63. The number of aryl methyl sites for hydroxylation is 2. The van der Waals surface area contributed by atoms with Gasteiger partial charge in [-0.25, -0.2) is 14.8 Å². The fraction of sp³-hybridized carbons (Fsp3) is 0.308. The van der Waals surface area contributed by atoms with Crippen molar-refractivity contribution in [2.24, 2.45) is 0 Å². The normalized spacial score (nSPS) is 10.3. The second-order valence-electron chi connectivity index (χ2n) is 3.99. The van der Waals surface area contributed by atoms with Gasteiger partial charge in [0.2, 0.25) is 0 Å². The lowest BCUT2D eigenvalue weighted by molar-refractivity contribution is 0.0456. The molecule has 0 atom stereocenters. The Morgan fingerprint density at radius 3 is 2.79 bits per heavy atom. The van der Waals surface area contributed by atoms with Crippen molar-refractivity contribution in [3.63, 3.8) is 0 Å². The summed E-state index contributed by atoms with van der Waals surface area (Å²) in [6.07, 6.45) is 2.89. The Bertz CT molecular complexity index is 592. The fourth-order valence-electron chi connectivity index (χ4n) is 1.52. The molecule has 100 valence electrons. The summed E-state index contributed by atoms with van der Waals surface area (Å²) in [4.78, 5) is 19.9. The first-order valence-corrected chi connectivity index (χ1v) is 5.68. The smallest absolute Gasteiger partial charge is 0.361 e. The number of ether oxygens (including phenoxy) is 2. The van der Waals surface area contributed by atoms with E-state index in [4.69, 9.17) is 13.9 Å². The van der Waals surface area contributed by atoms with E-state index >= 15 is 0 Å². The largest absolute Gasteiger partial charge is 0.494 e. The molecule has 0 unspecified atom stereocenters. The van der Waals surface area contributed by atoms with Gasteiger partial charge in [0, 0.05) is 6.20 Å². The Morgan fingerprint density at radius 1 is 1.37 bits per heavy atom. The Kier molecular flexibility index (Phi) is 3.79. The van der Waals surface area contributed by atoms with Crippen LogP contribution in [0.15, 0.2) is 23.1 Å². The van der Waals surface area contributed by atoms with Crippen molar-refractivity contribution in [3.05, 3.63) is 41.4 Å². The zero-order valence-corrected chi connectivity index (χ0v) is 11.0. The molecular formula is C13H14N2O4. The van der Waals surface area contributed by atoms with Crippen molar-refractivity contribution < 1.29 is 18.7 Å². The summed E-state index contributed by atoms with van der Waals surface area (Å²) in [6.45, 7) is 3.66. The number of hydrogen-bond acceptors (Lipinski definition) is 6. The lowest BCUT2D eigenvalue weighted by Gasteiger charge is -2.07. The fourth-order valence-corrected chi connectivity index (χ4v) is 1.52. The Hall–Kier alpha value is -2.37. The second kappa shape index (κ2) is 5.51. The minimum Gasteiger partial charge on any atom is -0.494 e. The van der Waals surface area contributed by atoms with Gasteiger partial charge in [-0.15, -0.1) is 0 Å². The third-order valence-corrected chi connectivity index (χ3v) is 2.59. The number of carbonyl (C=O) groups is 1. The third-order valence-electron chi connectivity index (χ3n) is 2.59. The van der Waals surface area contributed by atoms with E-state index < -0.39 is 5.97 Å². The van der Waals surface area contributed by atoms with Crippen molar-refractivity contribution in [2.45, 2.75) is 20.5 Å². The molecule has 6 nitrogen and oxygen atoms in total. The molecule has 0 aromatic carbocycles. The van der Waals surface area contributed by atoms with Gasteiger partial charge in [-0.05, 0) is 25.5 Å². The Morgan fingerprint density at radius 2 is 2.16 bits per heavy atom. The molecule has 0 N–H and O–H groups in total. The summed E-state index contributed by atoms with van der Waals surface area (Å²) < 4.78 is 15.3. The Balaban J connectivity index is 2.10. The highest BCUT2D eigenvalue weighted by Gasteiger charge is 2.17. The Labute approximate surface area is 110 Å². The lowest BCUT2D eigenvalue weighted by atomic mass is 10.2. The average Bonchev–Trinajstić information content (AvgIpc) is 2.81. The van der Waals surface area contributed by atoms with E-state index in [1.54, 1.807) is 19.2 Å². The number of nitrogens with zero attached hydrogens (tertiary/aromatic N) is 2. The highest BCUT2D eigenvalue weighted by Crippen LogP contribution is 2.18. The number of hydrogen-bond donors (Lipinski definition) is 0. The van der Waals surface area contributed by atoms with Gasteiger partial charge in [0.1, 0.15) is 18.1 Å². The zero-order chi connectivity index (χ0) is 13.8. The average molecular weight is 262 g/mol. The highest BCUT2D eigenvalue weighted by atomic mass is 16.5. The van der Waals surface area contributed by atoms with E-state index in [1.165, 1.54) is 13.5 Å². The van der Waals surface area contributed by atoms with Gasteiger partial charge in [0.25, 0.3) is 0 Å². The van der Waals surface area contributed by atoms with Crippen LogP contribution in [-0.2, 0) is 11.3 Å². The minimum absolute atomic E-state index is 0.0415. The number of esters is 1. The molecule has 2 aromatic heterocycles. The van der Waals surface area contributed by atoms with Crippen LogP contribution in [0.2, 0.25) is 0 Å². The molecule has 2 rings (SSSR count). The summed E-state index contributed by atoms with van der Waals surface area (Å²) >= 11 is 0. The van der Waals surface area contributed by atoms with Crippen LogP contribution in [0.3, 0.4) is 0 Å². The summed E-state index contributed by atoms with van der Waals surface area (Å²) in [5, 5.41) is 0. The SMILES string of the molecule is COc1cc(C)cnc1C(=O)OCc1ncoc1C. The minimum atomic E-state index is -0.556. The highest BCUT2D eigenvalue weighted by molar-refractivity contribution is 5.90. The predicted octanol–water partition coefficient (Wildman–Crippen LogP) is 2.05. The molecule has 0 aliphatic heterocycles. The molecule has 19 heavy (non-hydrogen) atoms. The molecule has 0 aliphatic carbocycles. The molecule has 6 heteroatoms. The molecule has 0 saturated heterocycles. The van der Waals surface area contributed by atoms with Gasteiger partial charge < -0.3 is 13.9 Å². The zero-order valence-electron chi connectivity index (χ0n) is 11.0. The molecule has 0 amide bonds.